The van der Waals surface area contributed by atoms with Crippen LogP contribution in [0.4, 0.5) is 14.5 Å². The molecule has 2 rings (SSSR count). The van der Waals surface area contributed by atoms with Crippen molar-refractivity contribution in [2.45, 2.75) is 24.2 Å². The Kier molecular flexibility index (Phi) is 2.73. The molecule has 7 heteroatoms. The van der Waals surface area contributed by atoms with Crippen LogP contribution in [-0.4, -0.2) is 22.5 Å². The largest absolute Gasteiger partial charge is 0.502 e. The molecule has 0 radical (unpaired) electrons. The zero-order valence-corrected chi connectivity index (χ0v) is 9.40. The zero-order chi connectivity index (χ0) is 13.6. The SMILES string of the molecule is NCC1(c2ccc([N+](=O)[O-])c(O)c2)CC(F)(F)C1. The van der Waals surface area contributed by atoms with Gasteiger partial charge in [-0.05, 0) is 11.6 Å². The van der Waals surface area contributed by atoms with Crippen LogP contribution in [0.5, 0.6) is 5.75 Å². The number of halogens is 2. The summed E-state index contributed by atoms with van der Waals surface area (Å²) in [6.45, 7) is 0.0137. The fourth-order valence-electron chi connectivity index (χ4n) is 2.41. The molecule has 0 saturated heterocycles. The summed E-state index contributed by atoms with van der Waals surface area (Å²) in [5.41, 5.74) is 4.60. The molecule has 98 valence electrons. The van der Waals surface area contributed by atoms with Gasteiger partial charge in [0.1, 0.15) is 0 Å². The third-order valence-corrected chi connectivity index (χ3v) is 3.37. The number of nitrogens with two attached hydrogens (primary N) is 1. The van der Waals surface area contributed by atoms with Crippen LogP contribution in [-0.2, 0) is 5.41 Å². The lowest BCUT2D eigenvalue weighted by Gasteiger charge is -2.47. The van der Waals surface area contributed by atoms with Crippen LogP contribution in [0.25, 0.3) is 0 Å². The number of phenolic OH excluding ortho intramolecular Hbond substituents is 1. The number of nitrogens with zero attached hydrogens (tertiary/aromatic N) is 1. The molecule has 18 heavy (non-hydrogen) atoms. The predicted octanol–water partition coefficient (Wildman–Crippen LogP) is 1.93. The van der Waals surface area contributed by atoms with E-state index < -0.39 is 40.5 Å². The Morgan fingerprint density at radius 2 is 2.06 bits per heavy atom. The number of rotatable bonds is 3. The number of aromatic hydroxyl groups is 1. The Balaban J connectivity index is 2.35. The summed E-state index contributed by atoms with van der Waals surface area (Å²) in [4.78, 5) is 9.81. The van der Waals surface area contributed by atoms with Gasteiger partial charge in [0.2, 0.25) is 5.92 Å². The van der Waals surface area contributed by atoms with Crippen LogP contribution in [0.2, 0.25) is 0 Å². The highest BCUT2D eigenvalue weighted by molar-refractivity contribution is 5.50. The van der Waals surface area contributed by atoms with Gasteiger partial charge in [0.25, 0.3) is 0 Å². The van der Waals surface area contributed by atoms with E-state index in [9.17, 15) is 24.0 Å². The molecule has 1 aliphatic carbocycles. The maximum absolute atomic E-state index is 13.0. The number of benzene rings is 1. The third kappa shape index (κ3) is 1.90. The second-order valence-electron chi connectivity index (χ2n) is 4.65. The summed E-state index contributed by atoms with van der Waals surface area (Å²) in [5, 5.41) is 20.0. The maximum Gasteiger partial charge on any atom is 0.310 e. The van der Waals surface area contributed by atoms with Crippen LogP contribution < -0.4 is 5.73 Å². The van der Waals surface area contributed by atoms with E-state index in [4.69, 9.17) is 5.73 Å². The monoisotopic (exact) mass is 258 g/mol. The van der Waals surface area contributed by atoms with Gasteiger partial charge in [0.05, 0.1) is 4.92 Å². The highest BCUT2D eigenvalue weighted by Crippen LogP contribution is 2.53. The minimum atomic E-state index is -2.75. The maximum atomic E-state index is 13.0. The van der Waals surface area contributed by atoms with Crippen molar-refractivity contribution in [1.29, 1.82) is 0 Å². The topological polar surface area (TPSA) is 89.4 Å². The van der Waals surface area contributed by atoms with E-state index in [2.05, 4.69) is 0 Å². The van der Waals surface area contributed by atoms with E-state index in [1.165, 1.54) is 6.07 Å². The van der Waals surface area contributed by atoms with Gasteiger partial charge in [-0.15, -0.1) is 0 Å². The van der Waals surface area contributed by atoms with Crippen LogP contribution >= 0.6 is 0 Å². The summed E-state index contributed by atoms with van der Waals surface area (Å²) in [7, 11) is 0. The first-order chi connectivity index (χ1) is 8.30. The van der Waals surface area contributed by atoms with E-state index in [0.717, 1.165) is 12.1 Å². The fraction of sp³-hybridized carbons (Fsp3) is 0.455. The average molecular weight is 258 g/mol. The summed E-state index contributed by atoms with van der Waals surface area (Å²) < 4.78 is 26.0. The van der Waals surface area contributed by atoms with Crippen molar-refractivity contribution in [3.05, 3.63) is 33.9 Å². The molecule has 0 spiro atoms. The number of nitro benzene ring substituents is 1. The molecule has 3 N–H and O–H groups in total. The van der Waals surface area contributed by atoms with Crippen molar-refractivity contribution >= 4 is 5.69 Å². The lowest BCUT2D eigenvalue weighted by molar-refractivity contribution is -0.385. The number of alkyl halides is 2. The van der Waals surface area contributed by atoms with Crippen molar-refractivity contribution in [3.63, 3.8) is 0 Å². The quantitative estimate of drug-likeness (QED) is 0.640. The van der Waals surface area contributed by atoms with Gasteiger partial charge >= 0.3 is 5.69 Å². The van der Waals surface area contributed by atoms with E-state index >= 15 is 0 Å². The number of hydrogen-bond acceptors (Lipinski definition) is 4. The number of phenols is 1. The molecule has 1 aromatic rings. The molecule has 0 amide bonds. The first kappa shape index (κ1) is 12.7. The molecule has 0 atom stereocenters. The molecule has 1 saturated carbocycles. The van der Waals surface area contributed by atoms with E-state index in [0.29, 0.717) is 5.56 Å². The van der Waals surface area contributed by atoms with E-state index in [-0.39, 0.29) is 6.54 Å². The van der Waals surface area contributed by atoms with Crippen LogP contribution in [0.3, 0.4) is 0 Å². The summed E-state index contributed by atoms with van der Waals surface area (Å²) in [6.07, 6.45) is -0.790. The molecular weight excluding hydrogens is 246 g/mol. The fourth-order valence-corrected chi connectivity index (χ4v) is 2.41. The minimum absolute atomic E-state index is 0.0137. The van der Waals surface area contributed by atoms with Crippen molar-refractivity contribution in [1.82, 2.24) is 0 Å². The van der Waals surface area contributed by atoms with E-state index in [1.807, 2.05) is 0 Å². The molecule has 1 aliphatic rings. The number of nitro groups is 1. The van der Waals surface area contributed by atoms with Crippen LogP contribution in [0.1, 0.15) is 18.4 Å². The predicted molar refractivity (Wildman–Crippen MR) is 59.7 cm³/mol. The minimum Gasteiger partial charge on any atom is -0.502 e. The first-order valence-corrected chi connectivity index (χ1v) is 5.35. The average Bonchev–Trinajstić information content (AvgIpc) is 2.24. The summed E-state index contributed by atoms with van der Waals surface area (Å²) in [6, 6.07) is 3.64. The zero-order valence-electron chi connectivity index (χ0n) is 9.40. The van der Waals surface area contributed by atoms with Gasteiger partial charge in [0, 0.05) is 30.9 Å². The van der Waals surface area contributed by atoms with Gasteiger partial charge in [-0.3, -0.25) is 10.1 Å². The summed E-state index contributed by atoms with van der Waals surface area (Å²) >= 11 is 0. The molecule has 0 heterocycles. The second kappa shape index (κ2) is 3.88. The van der Waals surface area contributed by atoms with Crippen LogP contribution in [0, 0.1) is 10.1 Å². The second-order valence-corrected chi connectivity index (χ2v) is 4.65. The van der Waals surface area contributed by atoms with Crippen LogP contribution in [0.15, 0.2) is 18.2 Å². The van der Waals surface area contributed by atoms with Crippen molar-refractivity contribution in [3.8, 4) is 5.75 Å². The van der Waals surface area contributed by atoms with Gasteiger partial charge in [-0.2, -0.15) is 0 Å². The molecule has 0 unspecified atom stereocenters. The molecular formula is C11H12F2N2O3. The Morgan fingerprint density at radius 3 is 2.44 bits per heavy atom. The van der Waals surface area contributed by atoms with Gasteiger partial charge in [0.15, 0.2) is 5.75 Å². The lowest BCUT2D eigenvalue weighted by Crippen LogP contribution is -2.53. The molecule has 0 aliphatic heterocycles. The molecule has 1 fully saturated rings. The van der Waals surface area contributed by atoms with Crippen molar-refractivity contribution in [2.24, 2.45) is 5.73 Å². The molecule has 0 aromatic heterocycles. The highest BCUT2D eigenvalue weighted by Gasteiger charge is 2.56. The molecule has 5 nitrogen and oxygen atoms in total. The smallest absolute Gasteiger partial charge is 0.310 e. The van der Waals surface area contributed by atoms with Crippen molar-refractivity contribution < 1.29 is 18.8 Å². The standard InChI is InChI=1S/C11H12F2N2O3/c12-11(13)4-10(5-11,6-14)7-1-2-8(15(17)18)9(16)3-7/h1-3,16H,4-6,14H2. The van der Waals surface area contributed by atoms with Gasteiger partial charge < -0.3 is 10.8 Å². The Morgan fingerprint density at radius 1 is 1.44 bits per heavy atom. The Bertz CT molecular complexity index is 497. The third-order valence-electron chi connectivity index (χ3n) is 3.37. The van der Waals surface area contributed by atoms with E-state index in [1.54, 1.807) is 0 Å². The molecule has 0 bridgehead atoms. The highest BCUT2D eigenvalue weighted by atomic mass is 19.3. The van der Waals surface area contributed by atoms with Crippen molar-refractivity contribution in [2.75, 3.05) is 6.54 Å². The number of hydrogen-bond donors (Lipinski definition) is 2. The Labute approximate surface area is 101 Å². The Hall–Kier alpha value is -1.76. The van der Waals surface area contributed by atoms with Gasteiger partial charge in [-0.25, -0.2) is 8.78 Å². The normalized spacial score (nSPS) is 20.2. The summed E-state index contributed by atoms with van der Waals surface area (Å²) in [5.74, 6) is -3.28. The van der Waals surface area contributed by atoms with Gasteiger partial charge in [-0.1, -0.05) is 6.07 Å². The first-order valence-electron chi connectivity index (χ1n) is 5.35. The lowest BCUT2D eigenvalue weighted by atomic mass is 9.62. The molecule has 1 aromatic carbocycles.